The molecule has 0 bridgehead atoms. The number of nitrogens with one attached hydrogen (secondary N) is 2. The number of hydrogen-bond acceptors (Lipinski definition) is 5. The fourth-order valence-corrected chi connectivity index (χ4v) is 1.87. The second-order valence-electron chi connectivity index (χ2n) is 4.76. The van der Waals surface area contributed by atoms with E-state index in [0.717, 1.165) is 5.56 Å². The maximum absolute atomic E-state index is 11.6. The van der Waals surface area contributed by atoms with Gasteiger partial charge < -0.3 is 20.3 Å². The Bertz CT molecular complexity index is 615. The highest BCUT2D eigenvalue weighted by atomic mass is 35.5. The van der Waals surface area contributed by atoms with Gasteiger partial charge in [0.25, 0.3) is 0 Å². The van der Waals surface area contributed by atoms with Gasteiger partial charge in [-0.2, -0.15) is 4.98 Å². The number of benzene rings is 1. The summed E-state index contributed by atoms with van der Waals surface area (Å²) >= 11 is 5.82. The number of aliphatic hydroxyl groups is 1. The van der Waals surface area contributed by atoms with E-state index in [1.807, 2.05) is 0 Å². The second kappa shape index (κ2) is 7.77. The maximum atomic E-state index is 11.6. The first-order valence-corrected chi connectivity index (χ1v) is 7.20. The molecule has 1 atom stereocenters. The molecule has 0 spiro atoms. The number of nitrogens with zero attached hydrogens (tertiary/aromatic N) is 2. The molecule has 0 radical (unpaired) electrons. The molecule has 1 aromatic heterocycles. The SMILES string of the molecule is C[C@H](CCO)NC(=O)NCc1nc(-c2ccc(Cl)cc2)no1. The molecule has 1 heterocycles. The number of aliphatic hydroxyl groups excluding tert-OH is 1. The van der Waals surface area contributed by atoms with Crippen LogP contribution in [0.4, 0.5) is 4.79 Å². The van der Waals surface area contributed by atoms with Crippen LogP contribution in [0.25, 0.3) is 11.4 Å². The van der Waals surface area contributed by atoms with E-state index in [9.17, 15) is 4.79 Å². The molecule has 2 amide bonds. The fraction of sp³-hybridized carbons (Fsp3) is 0.357. The number of carbonyl (C=O) groups is 1. The molecule has 0 aliphatic rings. The van der Waals surface area contributed by atoms with Crippen LogP contribution in [0.2, 0.25) is 5.02 Å². The summed E-state index contributed by atoms with van der Waals surface area (Å²) in [7, 11) is 0. The van der Waals surface area contributed by atoms with Gasteiger partial charge in [-0.15, -0.1) is 0 Å². The van der Waals surface area contributed by atoms with Crippen molar-refractivity contribution in [3.63, 3.8) is 0 Å². The average Bonchev–Trinajstić information content (AvgIpc) is 2.95. The van der Waals surface area contributed by atoms with Crippen molar-refractivity contribution < 1.29 is 14.4 Å². The molecule has 0 fully saturated rings. The average molecular weight is 325 g/mol. The normalized spacial score (nSPS) is 12.0. The Balaban J connectivity index is 1.87. The smallest absolute Gasteiger partial charge is 0.315 e. The molecule has 22 heavy (non-hydrogen) atoms. The van der Waals surface area contributed by atoms with Gasteiger partial charge in [-0.1, -0.05) is 16.8 Å². The molecule has 7 nitrogen and oxygen atoms in total. The molecule has 8 heteroatoms. The van der Waals surface area contributed by atoms with Gasteiger partial charge in [0.05, 0.1) is 6.54 Å². The molecule has 0 aliphatic heterocycles. The van der Waals surface area contributed by atoms with Crippen LogP contribution in [0.15, 0.2) is 28.8 Å². The van der Waals surface area contributed by atoms with Gasteiger partial charge in [0.15, 0.2) is 0 Å². The summed E-state index contributed by atoms with van der Waals surface area (Å²) < 4.78 is 5.08. The third-order valence-corrected chi connectivity index (χ3v) is 3.16. The summed E-state index contributed by atoms with van der Waals surface area (Å²) in [4.78, 5) is 15.8. The van der Waals surface area contributed by atoms with Crippen LogP contribution in [0.1, 0.15) is 19.2 Å². The minimum absolute atomic E-state index is 0.0234. The van der Waals surface area contributed by atoms with Crippen molar-refractivity contribution in [1.82, 2.24) is 20.8 Å². The highest BCUT2D eigenvalue weighted by molar-refractivity contribution is 6.30. The molecule has 1 aromatic carbocycles. The van der Waals surface area contributed by atoms with Gasteiger partial charge in [-0.05, 0) is 37.6 Å². The van der Waals surface area contributed by atoms with E-state index in [1.165, 1.54) is 0 Å². The van der Waals surface area contributed by atoms with Crippen LogP contribution >= 0.6 is 11.6 Å². The molecular weight excluding hydrogens is 308 g/mol. The number of urea groups is 1. The zero-order valence-electron chi connectivity index (χ0n) is 12.0. The Labute approximate surface area is 132 Å². The van der Waals surface area contributed by atoms with Gasteiger partial charge in [-0.3, -0.25) is 0 Å². The monoisotopic (exact) mass is 324 g/mol. The van der Waals surface area contributed by atoms with Gasteiger partial charge in [0.2, 0.25) is 11.7 Å². The number of aromatic nitrogens is 2. The van der Waals surface area contributed by atoms with Crippen molar-refractivity contribution in [2.75, 3.05) is 6.61 Å². The summed E-state index contributed by atoms with van der Waals surface area (Å²) in [6.07, 6.45) is 0.495. The summed E-state index contributed by atoms with van der Waals surface area (Å²) in [5, 5.41) is 18.5. The molecule has 2 aromatic rings. The molecule has 2 rings (SSSR count). The number of carbonyl (C=O) groups excluding carboxylic acids is 1. The standard InChI is InChI=1S/C14H17ClN4O3/c1-9(6-7-20)17-14(21)16-8-12-18-13(19-22-12)10-2-4-11(15)5-3-10/h2-5,9,20H,6-8H2,1H3,(H2,16,17,21)/t9-/m1/s1. The summed E-state index contributed by atoms with van der Waals surface area (Å²) in [6, 6.07) is 6.58. The van der Waals surface area contributed by atoms with Crippen LogP contribution in [0.5, 0.6) is 0 Å². The predicted octanol–water partition coefficient (Wildman–Crippen LogP) is 1.96. The van der Waals surface area contributed by atoms with E-state index in [2.05, 4.69) is 20.8 Å². The van der Waals surface area contributed by atoms with E-state index >= 15 is 0 Å². The minimum atomic E-state index is -0.354. The van der Waals surface area contributed by atoms with Crippen molar-refractivity contribution >= 4 is 17.6 Å². The molecule has 0 aliphatic carbocycles. The Kier molecular flexibility index (Phi) is 5.74. The molecule has 118 valence electrons. The Morgan fingerprint density at radius 3 is 2.82 bits per heavy atom. The van der Waals surface area contributed by atoms with Gasteiger partial charge >= 0.3 is 6.03 Å². The first-order chi connectivity index (χ1) is 10.6. The molecule has 0 unspecified atom stereocenters. The van der Waals surface area contributed by atoms with Crippen LogP contribution < -0.4 is 10.6 Å². The van der Waals surface area contributed by atoms with Crippen molar-refractivity contribution in [2.45, 2.75) is 25.9 Å². The number of amides is 2. The lowest BCUT2D eigenvalue weighted by atomic mass is 10.2. The number of hydrogen-bond donors (Lipinski definition) is 3. The number of halogens is 1. The Hall–Kier alpha value is -2.12. The highest BCUT2D eigenvalue weighted by Crippen LogP contribution is 2.18. The van der Waals surface area contributed by atoms with E-state index in [4.69, 9.17) is 21.2 Å². The maximum Gasteiger partial charge on any atom is 0.315 e. The van der Waals surface area contributed by atoms with Gasteiger partial charge in [0, 0.05) is 23.2 Å². The third kappa shape index (κ3) is 4.71. The third-order valence-electron chi connectivity index (χ3n) is 2.91. The van der Waals surface area contributed by atoms with Crippen molar-refractivity contribution in [1.29, 1.82) is 0 Å². The lowest BCUT2D eigenvalue weighted by molar-refractivity contribution is 0.229. The van der Waals surface area contributed by atoms with E-state index in [0.29, 0.717) is 23.2 Å². The summed E-state index contributed by atoms with van der Waals surface area (Å²) in [6.45, 7) is 1.95. The first kappa shape index (κ1) is 16.3. The van der Waals surface area contributed by atoms with Crippen LogP contribution in [0.3, 0.4) is 0 Å². The van der Waals surface area contributed by atoms with Crippen molar-refractivity contribution in [3.8, 4) is 11.4 Å². The fourth-order valence-electron chi connectivity index (χ4n) is 1.74. The Morgan fingerprint density at radius 2 is 2.14 bits per heavy atom. The first-order valence-electron chi connectivity index (χ1n) is 6.82. The van der Waals surface area contributed by atoms with E-state index < -0.39 is 0 Å². The molecule has 3 N–H and O–H groups in total. The van der Waals surface area contributed by atoms with Crippen molar-refractivity contribution in [2.24, 2.45) is 0 Å². The molecule has 0 saturated heterocycles. The summed E-state index contributed by atoms with van der Waals surface area (Å²) in [5.41, 5.74) is 0.778. The highest BCUT2D eigenvalue weighted by Gasteiger charge is 2.11. The van der Waals surface area contributed by atoms with Crippen LogP contribution in [0, 0.1) is 0 Å². The molecule has 0 saturated carbocycles. The molecular formula is C14H17ClN4O3. The van der Waals surface area contributed by atoms with Crippen molar-refractivity contribution in [3.05, 3.63) is 35.2 Å². The Morgan fingerprint density at radius 1 is 1.41 bits per heavy atom. The topological polar surface area (TPSA) is 100 Å². The number of rotatable bonds is 6. The largest absolute Gasteiger partial charge is 0.396 e. The zero-order chi connectivity index (χ0) is 15.9. The lowest BCUT2D eigenvalue weighted by Crippen LogP contribution is -2.40. The quantitative estimate of drug-likeness (QED) is 0.754. The van der Waals surface area contributed by atoms with Gasteiger partial charge in [0.1, 0.15) is 0 Å². The summed E-state index contributed by atoms with van der Waals surface area (Å²) in [5.74, 6) is 0.734. The van der Waals surface area contributed by atoms with Crippen LogP contribution in [-0.4, -0.2) is 33.9 Å². The second-order valence-corrected chi connectivity index (χ2v) is 5.20. The van der Waals surface area contributed by atoms with E-state index in [-0.39, 0.29) is 25.2 Å². The van der Waals surface area contributed by atoms with Crippen LogP contribution in [-0.2, 0) is 6.54 Å². The van der Waals surface area contributed by atoms with Gasteiger partial charge in [-0.25, -0.2) is 4.79 Å². The lowest BCUT2D eigenvalue weighted by Gasteiger charge is -2.12. The van der Waals surface area contributed by atoms with E-state index in [1.54, 1.807) is 31.2 Å². The predicted molar refractivity (Wildman–Crippen MR) is 81.3 cm³/mol. The zero-order valence-corrected chi connectivity index (χ0v) is 12.8. The minimum Gasteiger partial charge on any atom is -0.396 e.